The molecule has 2 saturated heterocycles. The van der Waals surface area contributed by atoms with Crippen LogP contribution in [-0.2, 0) is 14.3 Å². The van der Waals surface area contributed by atoms with E-state index in [0.717, 1.165) is 70.8 Å². The molecule has 6 nitrogen and oxygen atoms in total. The Kier molecular flexibility index (Phi) is 10.9. The maximum Gasteiger partial charge on any atom is 0.246 e. The monoisotopic (exact) mass is 455 g/mol. The third kappa shape index (κ3) is 8.59. The van der Waals surface area contributed by atoms with E-state index >= 15 is 0 Å². The van der Waals surface area contributed by atoms with E-state index in [0.29, 0.717) is 13.1 Å². The van der Waals surface area contributed by atoms with Crippen molar-refractivity contribution < 1.29 is 14.3 Å². The molecule has 1 aromatic rings. The Labute approximate surface area is 199 Å². The molecule has 2 fully saturated rings. The van der Waals surface area contributed by atoms with Gasteiger partial charge in [0.2, 0.25) is 11.8 Å². The van der Waals surface area contributed by atoms with E-state index in [1.54, 1.807) is 6.08 Å². The van der Waals surface area contributed by atoms with Gasteiger partial charge in [-0.1, -0.05) is 56.5 Å². The van der Waals surface area contributed by atoms with Gasteiger partial charge in [-0.3, -0.25) is 14.5 Å². The van der Waals surface area contributed by atoms with E-state index in [-0.39, 0.29) is 17.7 Å². The summed E-state index contributed by atoms with van der Waals surface area (Å²) in [4.78, 5) is 32.4. The van der Waals surface area contributed by atoms with E-state index in [9.17, 15) is 9.59 Å². The first-order valence-electron chi connectivity index (χ1n) is 12.8. The summed E-state index contributed by atoms with van der Waals surface area (Å²) in [5, 5.41) is 0. The van der Waals surface area contributed by atoms with Crippen LogP contribution >= 0.6 is 0 Å². The lowest BCUT2D eigenvalue weighted by atomic mass is 9.95. The topological polar surface area (TPSA) is 53.1 Å². The predicted molar refractivity (Wildman–Crippen MR) is 133 cm³/mol. The molecule has 0 N–H and O–H groups in total. The zero-order valence-corrected chi connectivity index (χ0v) is 20.3. The normalized spacial score (nSPS) is 18.0. The molecule has 2 amide bonds. The molecule has 0 unspecified atom stereocenters. The highest BCUT2D eigenvalue weighted by molar-refractivity contribution is 5.92. The van der Waals surface area contributed by atoms with Crippen LogP contribution in [-0.4, -0.2) is 85.5 Å². The summed E-state index contributed by atoms with van der Waals surface area (Å²) in [6, 6.07) is 9.87. The van der Waals surface area contributed by atoms with Crippen LogP contribution in [0.25, 0.3) is 6.08 Å². The van der Waals surface area contributed by atoms with Crippen LogP contribution in [0.2, 0.25) is 0 Å². The van der Waals surface area contributed by atoms with Crippen LogP contribution in [0, 0.1) is 5.92 Å². The first-order chi connectivity index (χ1) is 16.2. The summed E-state index contributed by atoms with van der Waals surface area (Å²) >= 11 is 0. The summed E-state index contributed by atoms with van der Waals surface area (Å²) in [6.07, 6.45) is 9.71. The Hall–Kier alpha value is -2.18. The summed E-state index contributed by atoms with van der Waals surface area (Å²) in [6.45, 7) is 9.57. The lowest BCUT2D eigenvalue weighted by molar-refractivity contribution is -0.139. The van der Waals surface area contributed by atoms with Crippen molar-refractivity contribution >= 4 is 17.9 Å². The molecule has 2 aliphatic rings. The van der Waals surface area contributed by atoms with Gasteiger partial charge in [0.15, 0.2) is 0 Å². The van der Waals surface area contributed by atoms with Gasteiger partial charge in [0.1, 0.15) is 0 Å². The molecule has 1 aromatic carbocycles. The van der Waals surface area contributed by atoms with Gasteiger partial charge in [-0.05, 0) is 30.9 Å². The standard InChI is InChI=1S/C27H41N3O3/c1-2-3-4-8-15-30(19-18-28-20-22-33-23-21-28)27(32)25-13-16-29(17-14-25)26(31)12-11-24-9-6-5-7-10-24/h5-7,9-12,25H,2-4,8,13-23H2,1H3/b12-11+. The summed E-state index contributed by atoms with van der Waals surface area (Å²) in [7, 11) is 0. The van der Waals surface area contributed by atoms with Crippen molar-refractivity contribution in [1.82, 2.24) is 14.7 Å². The van der Waals surface area contributed by atoms with Crippen LogP contribution in [0.4, 0.5) is 0 Å². The number of carbonyl (C=O) groups is 2. The third-order valence-electron chi connectivity index (χ3n) is 6.76. The summed E-state index contributed by atoms with van der Waals surface area (Å²) in [5.74, 6) is 0.350. The fourth-order valence-corrected chi connectivity index (χ4v) is 4.59. The molecule has 0 saturated carbocycles. The number of nitrogens with zero attached hydrogens (tertiary/aromatic N) is 3. The zero-order chi connectivity index (χ0) is 23.3. The molecule has 0 aliphatic carbocycles. The number of hydrogen-bond acceptors (Lipinski definition) is 4. The van der Waals surface area contributed by atoms with Gasteiger partial charge in [0.25, 0.3) is 0 Å². The van der Waals surface area contributed by atoms with Crippen molar-refractivity contribution in [2.45, 2.75) is 45.4 Å². The van der Waals surface area contributed by atoms with Gasteiger partial charge < -0.3 is 14.5 Å². The van der Waals surface area contributed by atoms with Gasteiger partial charge in [-0.2, -0.15) is 0 Å². The molecule has 2 aliphatic heterocycles. The van der Waals surface area contributed by atoms with Gasteiger partial charge in [-0.25, -0.2) is 0 Å². The van der Waals surface area contributed by atoms with Gasteiger partial charge in [-0.15, -0.1) is 0 Å². The van der Waals surface area contributed by atoms with Crippen molar-refractivity contribution in [1.29, 1.82) is 0 Å². The molecule has 0 atom stereocenters. The fourth-order valence-electron chi connectivity index (χ4n) is 4.59. The molecule has 0 bridgehead atoms. The van der Waals surface area contributed by atoms with Crippen molar-refractivity contribution in [2.75, 3.05) is 59.0 Å². The highest BCUT2D eigenvalue weighted by Gasteiger charge is 2.29. The number of piperidine rings is 1. The number of rotatable bonds is 11. The first-order valence-corrected chi connectivity index (χ1v) is 12.8. The van der Waals surface area contributed by atoms with Crippen molar-refractivity contribution in [2.24, 2.45) is 5.92 Å². The minimum Gasteiger partial charge on any atom is -0.379 e. The molecular formula is C27H41N3O3. The van der Waals surface area contributed by atoms with Crippen molar-refractivity contribution in [3.8, 4) is 0 Å². The average molecular weight is 456 g/mol. The fraction of sp³-hybridized carbons (Fsp3) is 0.630. The molecule has 33 heavy (non-hydrogen) atoms. The highest BCUT2D eigenvalue weighted by atomic mass is 16.5. The van der Waals surface area contributed by atoms with Gasteiger partial charge in [0.05, 0.1) is 13.2 Å². The molecule has 0 spiro atoms. The van der Waals surface area contributed by atoms with E-state index in [2.05, 4.69) is 16.7 Å². The Balaban J connectivity index is 1.48. The average Bonchev–Trinajstić information content (AvgIpc) is 2.88. The molecule has 0 aromatic heterocycles. The molecule has 182 valence electrons. The van der Waals surface area contributed by atoms with Gasteiger partial charge >= 0.3 is 0 Å². The van der Waals surface area contributed by atoms with Crippen LogP contribution < -0.4 is 0 Å². The zero-order valence-electron chi connectivity index (χ0n) is 20.3. The van der Waals surface area contributed by atoms with Crippen LogP contribution in [0.1, 0.15) is 51.0 Å². The second kappa shape index (κ2) is 14.2. The maximum absolute atomic E-state index is 13.4. The molecular weight excluding hydrogens is 414 g/mol. The second-order valence-corrected chi connectivity index (χ2v) is 9.18. The largest absolute Gasteiger partial charge is 0.379 e. The Morgan fingerprint density at radius 1 is 1.00 bits per heavy atom. The smallest absolute Gasteiger partial charge is 0.246 e. The summed E-state index contributed by atoms with van der Waals surface area (Å²) in [5.41, 5.74) is 1.02. The van der Waals surface area contributed by atoms with E-state index < -0.39 is 0 Å². The number of benzene rings is 1. The minimum atomic E-state index is 0.0306. The van der Waals surface area contributed by atoms with Crippen LogP contribution in [0.5, 0.6) is 0 Å². The van der Waals surface area contributed by atoms with Crippen molar-refractivity contribution in [3.63, 3.8) is 0 Å². The Bertz CT molecular complexity index is 738. The number of ether oxygens (including phenoxy) is 1. The number of likely N-dealkylation sites (tertiary alicyclic amines) is 1. The number of hydrogen-bond donors (Lipinski definition) is 0. The van der Waals surface area contributed by atoms with Crippen LogP contribution in [0.3, 0.4) is 0 Å². The van der Waals surface area contributed by atoms with Gasteiger partial charge in [0, 0.05) is 57.8 Å². The molecule has 6 heteroatoms. The Morgan fingerprint density at radius 3 is 2.42 bits per heavy atom. The molecule has 2 heterocycles. The third-order valence-corrected chi connectivity index (χ3v) is 6.76. The summed E-state index contributed by atoms with van der Waals surface area (Å²) < 4.78 is 5.45. The van der Waals surface area contributed by atoms with Crippen molar-refractivity contribution in [3.05, 3.63) is 42.0 Å². The SMILES string of the molecule is CCCCCCN(CCN1CCOCC1)C(=O)C1CCN(C(=O)/C=C/c2ccccc2)CC1. The second-order valence-electron chi connectivity index (χ2n) is 9.18. The number of carbonyl (C=O) groups excluding carboxylic acids is 2. The lowest BCUT2D eigenvalue weighted by Crippen LogP contribution is -2.47. The highest BCUT2D eigenvalue weighted by Crippen LogP contribution is 2.21. The predicted octanol–water partition coefficient (Wildman–Crippen LogP) is 3.68. The number of amides is 2. The molecule has 0 radical (unpaired) electrons. The van der Waals surface area contributed by atoms with E-state index in [1.165, 1.54) is 19.3 Å². The Morgan fingerprint density at radius 2 is 1.73 bits per heavy atom. The first kappa shape index (κ1) is 25.4. The number of unbranched alkanes of at least 4 members (excludes halogenated alkanes) is 3. The maximum atomic E-state index is 13.4. The quantitative estimate of drug-likeness (QED) is 0.377. The number of morpholine rings is 1. The van der Waals surface area contributed by atoms with E-state index in [4.69, 9.17) is 4.74 Å². The van der Waals surface area contributed by atoms with E-state index in [1.807, 2.05) is 41.3 Å². The lowest BCUT2D eigenvalue weighted by Gasteiger charge is -2.35. The van der Waals surface area contributed by atoms with Crippen LogP contribution in [0.15, 0.2) is 36.4 Å². The molecule has 3 rings (SSSR count). The minimum absolute atomic E-state index is 0.0306.